The van der Waals surface area contributed by atoms with Crippen LogP contribution in [0.3, 0.4) is 0 Å². The fourth-order valence-corrected chi connectivity index (χ4v) is 3.83. The predicted octanol–water partition coefficient (Wildman–Crippen LogP) is 3.50. The Balaban J connectivity index is 2.01. The van der Waals surface area contributed by atoms with E-state index in [1.54, 1.807) is 25.5 Å². The Morgan fingerprint density at radius 2 is 1.93 bits per heavy atom. The third-order valence-electron chi connectivity index (χ3n) is 4.69. The summed E-state index contributed by atoms with van der Waals surface area (Å²) >= 11 is 1.79. The van der Waals surface area contributed by atoms with Crippen LogP contribution in [0.25, 0.3) is 0 Å². The summed E-state index contributed by atoms with van der Waals surface area (Å²) in [5, 5.41) is 9.06. The molecule has 0 saturated heterocycles. The lowest BCUT2D eigenvalue weighted by Crippen LogP contribution is -2.45. The topological polar surface area (TPSA) is 48.9 Å². The first-order chi connectivity index (χ1) is 12.9. The highest BCUT2D eigenvalue weighted by molar-refractivity contribution is 7.10. The largest absolute Gasteiger partial charge is 0.496 e. The zero-order valence-corrected chi connectivity index (χ0v) is 18.1. The number of para-hydroxylation sites is 1. The van der Waals surface area contributed by atoms with E-state index in [0.717, 1.165) is 30.4 Å². The number of likely N-dealkylation sites (N-methyl/N-ethyl adjacent to an activating group) is 1. The van der Waals surface area contributed by atoms with Crippen LogP contribution in [0.2, 0.25) is 0 Å². The number of methoxy groups -OCH3 is 1. The fourth-order valence-electron chi connectivity index (χ4n) is 2.98. The molecule has 0 aliphatic carbocycles. The van der Waals surface area contributed by atoms with E-state index in [4.69, 9.17) is 4.74 Å². The molecular formula is C21H32N4OS. The molecule has 1 aromatic carbocycles. The molecule has 148 valence electrons. The molecule has 0 radical (unpaired) electrons. The second-order valence-corrected chi connectivity index (χ2v) is 8.34. The number of nitrogens with one attached hydrogen (secondary N) is 2. The highest BCUT2D eigenvalue weighted by Crippen LogP contribution is 2.28. The molecule has 0 aliphatic rings. The normalized spacial score (nSPS) is 13.5. The Hall–Kier alpha value is -2.05. The summed E-state index contributed by atoms with van der Waals surface area (Å²) in [6, 6.07) is 12.6. The van der Waals surface area contributed by atoms with Crippen molar-refractivity contribution in [3.05, 3.63) is 52.2 Å². The Morgan fingerprint density at radius 1 is 1.19 bits per heavy atom. The molecule has 0 fully saturated rings. The number of thiophene rings is 1. The van der Waals surface area contributed by atoms with E-state index in [0.29, 0.717) is 0 Å². The van der Waals surface area contributed by atoms with Gasteiger partial charge >= 0.3 is 0 Å². The smallest absolute Gasteiger partial charge is 0.191 e. The van der Waals surface area contributed by atoms with E-state index in [2.05, 4.69) is 72.0 Å². The summed E-state index contributed by atoms with van der Waals surface area (Å²) in [6.45, 7) is 6.04. The van der Waals surface area contributed by atoms with Crippen molar-refractivity contribution >= 4 is 17.3 Å². The van der Waals surface area contributed by atoms with Gasteiger partial charge in [-0.3, -0.25) is 4.99 Å². The number of nitrogens with zero attached hydrogens (tertiary/aromatic N) is 2. The van der Waals surface area contributed by atoms with Crippen LogP contribution >= 0.6 is 11.3 Å². The van der Waals surface area contributed by atoms with Crippen molar-refractivity contribution in [3.63, 3.8) is 0 Å². The maximum atomic E-state index is 5.54. The van der Waals surface area contributed by atoms with Crippen LogP contribution in [0.15, 0.2) is 46.8 Å². The first kappa shape index (κ1) is 21.3. The van der Waals surface area contributed by atoms with E-state index in [1.807, 2.05) is 18.2 Å². The Morgan fingerprint density at radius 3 is 2.52 bits per heavy atom. The predicted molar refractivity (Wildman–Crippen MR) is 116 cm³/mol. The highest BCUT2D eigenvalue weighted by atomic mass is 32.1. The highest BCUT2D eigenvalue weighted by Gasteiger charge is 2.23. The van der Waals surface area contributed by atoms with E-state index in [1.165, 1.54) is 4.88 Å². The van der Waals surface area contributed by atoms with Gasteiger partial charge in [-0.25, -0.2) is 0 Å². The minimum absolute atomic E-state index is 0.0510. The molecule has 1 heterocycles. The molecule has 2 N–H and O–H groups in total. The van der Waals surface area contributed by atoms with Crippen LogP contribution in [-0.2, 0) is 5.41 Å². The quantitative estimate of drug-likeness (QED) is 0.537. The van der Waals surface area contributed by atoms with Crippen LogP contribution in [0.4, 0.5) is 0 Å². The van der Waals surface area contributed by atoms with E-state index < -0.39 is 0 Å². The van der Waals surface area contributed by atoms with Gasteiger partial charge in [0.05, 0.1) is 13.2 Å². The van der Waals surface area contributed by atoms with Crippen LogP contribution < -0.4 is 15.4 Å². The third kappa shape index (κ3) is 5.71. The summed E-state index contributed by atoms with van der Waals surface area (Å²) in [4.78, 5) is 7.94. The van der Waals surface area contributed by atoms with Crippen molar-refractivity contribution in [2.45, 2.75) is 25.3 Å². The Kier molecular flexibility index (Phi) is 7.68. The zero-order chi connectivity index (χ0) is 19.9. The first-order valence-electron chi connectivity index (χ1n) is 9.17. The van der Waals surface area contributed by atoms with Crippen molar-refractivity contribution in [2.75, 3.05) is 41.3 Å². The molecule has 2 aromatic rings. The molecule has 1 atom stereocenters. The minimum atomic E-state index is 0.0510. The van der Waals surface area contributed by atoms with Gasteiger partial charge in [-0.1, -0.05) is 38.1 Å². The molecule has 0 amide bonds. The number of aliphatic imine (C=N–C) groups is 1. The summed E-state index contributed by atoms with van der Waals surface area (Å²) < 4.78 is 5.54. The number of hydrogen-bond acceptors (Lipinski definition) is 4. The van der Waals surface area contributed by atoms with Crippen molar-refractivity contribution in [3.8, 4) is 5.75 Å². The maximum absolute atomic E-state index is 5.54. The molecule has 6 heteroatoms. The third-order valence-corrected chi connectivity index (χ3v) is 5.93. The van der Waals surface area contributed by atoms with Gasteiger partial charge in [-0.05, 0) is 31.6 Å². The monoisotopic (exact) mass is 388 g/mol. The fraction of sp³-hybridized carbons (Fsp3) is 0.476. The first-order valence-corrected chi connectivity index (χ1v) is 10.0. The molecule has 2 rings (SSSR count). The van der Waals surface area contributed by atoms with Gasteiger partial charge in [0.25, 0.3) is 0 Å². The van der Waals surface area contributed by atoms with Crippen molar-refractivity contribution in [1.82, 2.24) is 15.5 Å². The lowest BCUT2D eigenvalue weighted by molar-refractivity contribution is 0.287. The molecule has 0 aliphatic heterocycles. The minimum Gasteiger partial charge on any atom is -0.496 e. The number of ether oxygens (including phenoxy) is 1. The van der Waals surface area contributed by atoms with Gasteiger partial charge in [0.15, 0.2) is 5.96 Å². The zero-order valence-electron chi connectivity index (χ0n) is 17.2. The average molecular weight is 389 g/mol. The van der Waals surface area contributed by atoms with Crippen LogP contribution in [0.5, 0.6) is 5.75 Å². The van der Waals surface area contributed by atoms with E-state index in [9.17, 15) is 0 Å². The summed E-state index contributed by atoms with van der Waals surface area (Å²) in [5.41, 5.74) is 1.21. The average Bonchev–Trinajstić information content (AvgIpc) is 3.20. The second kappa shape index (κ2) is 9.76. The van der Waals surface area contributed by atoms with Crippen molar-refractivity contribution in [2.24, 2.45) is 4.99 Å². The Labute approximate surface area is 167 Å². The van der Waals surface area contributed by atoms with Crippen LogP contribution in [0.1, 0.15) is 30.3 Å². The van der Waals surface area contributed by atoms with Gasteiger partial charge in [0.1, 0.15) is 5.75 Å². The van der Waals surface area contributed by atoms with Gasteiger partial charge in [-0.15, -0.1) is 11.3 Å². The van der Waals surface area contributed by atoms with Gasteiger partial charge in [-0.2, -0.15) is 0 Å². The standard InChI is InChI=1S/C21H32N4OS/c1-21(2,19-12-9-13-27-19)15-24-20(22-3)23-14-17(25(4)5)16-10-7-8-11-18(16)26-6/h7-13,17H,14-15H2,1-6H3,(H2,22,23,24). The number of hydrogen-bond donors (Lipinski definition) is 2. The second-order valence-electron chi connectivity index (χ2n) is 7.39. The summed E-state index contributed by atoms with van der Waals surface area (Å²) in [7, 11) is 7.68. The Bertz CT molecular complexity index is 726. The number of benzene rings is 1. The molecule has 27 heavy (non-hydrogen) atoms. The van der Waals surface area contributed by atoms with Crippen LogP contribution in [-0.4, -0.2) is 52.2 Å². The number of rotatable bonds is 8. The van der Waals surface area contributed by atoms with Gasteiger partial charge < -0.3 is 20.3 Å². The van der Waals surface area contributed by atoms with Crippen molar-refractivity contribution in [1.29, 1.82) is 0 Å². The van der Waals surface area contributed by atoms with Crippen molar-refractivity contribution < 1.29 is 4.74 Å². The molecule has 1 aromatic heterocycles. The van der Waals surface area contributed by atoms with Crippen LogP contribution in [0, 0.1) is 0 Å². The molecule has 0 saturated carbocycles. The molecular weight excluding hydrogens is 356 g/mol. The maximum Gasteiger partial charge on any atom is 0.191 e. The summed E-state index contributed by atoms with van der Waals surface area (Å²) in [5.74, 6) is 1.71. The molecule has 0 spiro atoms. The van der Waals surface area contributed by atoms with E-state index in [-0.39, 0.29) is 11.5 Å². The molecule has 5 nitrogen and oxygen atoms in total. The lowest BCUT2D eigenvalue weighted by atomic mass is 9.91. The van der Waals surface area contributed by atoms with Gasteiger partial charge in [0.2, 0.25) is 0 Å². The van der Waals surface area contributed by atoms with E-state index >= 15 is 0 Å². The molecule has 0 bridgehead atoms. The SMILES string of the molecule is CN=C(NCC(c1ccccc1OC)N(C)C)NCC(C)(C)c1cccs1. The lowest BCUT2D eigenvalue weighted by Gasteiger charge is -2.28. The summed E-state index contributed by atoms with van der Waals surface area (Å²) in [6.07, 6.45) is 0. The van der Waals surface area contributed by atoms with Gasteiger partial charge in [0, 0.05) is 36.0 Å². The molecule has 1 unspecified atom stereocenters. The number of guanidine groups is 1.